The molecule has 1 N–H and O–H groups in total. The fourth-order valence-corrected chi connectivity index (χ4v) is 2.89. The Morgan fingerprint density at radius 3 is 2.48 bits per heavy atom. The molecule has 1 rings (SSSR count). The highest BCUT2D eigenvalue weighted by Crippen LogP contribution is 2.33. The molecule has 1 aromatic carbocycles. The highest BCUT2D eigenvalue weighted by molar-refractivity contribution is 5.19. The zero-order valence-electron chi connectivity index (χ0n) is 14.2. The third-order valence-corrected chi connectivity index (χ3v) is 4.39. The van der Waals surface area contributed by atoms with E-state index in [0.29, 0.717) is 5.92 Å². The van der Waals surface area contributed by atoms with E-state index in [2.05, 4.69) is 33.0 Å². The van der Waals surface area contributed by atoms with Crippen molar-refractivity contribution in [2.45, 2.75) is 59.8 Å². The number of hydrogen-bond acceptors (Lipinski definition) is 1. The van der Waals surface area contributed by atoms with Gasteiger partial charge in [-0.25, -0.2) is 4.39 Å². The van der Waals surface area contributed by atoms with E-state index in [9.17, 15) is 4.39 Å². The molecule has 0 saturated heterocycles. The summed E-state index contributed by atoms with van der Waals surface area (Å²) >= 11 is 0. The molecule has 0 aromatic heterocycles. The second kappa shape index (κ2) is 9.19. The van der Waals surface area contributed by atoms with Crippen molar-refractivity contribution in [1.29, 1.82) is 0 Å². The SMILES string of the molecule is CCCCC(CC)(CNCC(C)C)Cc1ccccc1F. The maximum absolute atomic E-state index is 14.0. The van der Waals surface area contributed by atoms with Crippen molar-refractivity contribution in [1.82, 2.24) is 5.32 Å². The zero-order chi connectivity index (χ0) is 15.7. The first-order valence-electron chi connectivity index (χ1n) is 8.47. The summed E-state index contributed by atoms with van der Waals surface area (Å²) in [6.07, 6.45) is 5.50. The molecule has 0 saturated carbocycles. The van der Waals surface area contributed by atoms with Gasteiger partial charge in [0, 0.05) is 6.54 Å². The smallest absolute Gasteiger partial charge is 0.126 e. The summed E-state index contributed by atoms with van der Waals surface area (Å²) in [4.78, 5) is 0. The fourth-order valence-electron chi connectivity index (χ4n) is 2.89. The molecule has 0 spiro atoms. The number of halogens is 1. The Morgan fingerprint density at radius 1 is 1.19 bits per heavy atom. The summed E-state index contributed by atoms with van der Waals surface area (Å²) < 4.78 is 14.0. The highest BCUT2D eigenvalue weighted by Gasteiger charge is 2.28. The van der Waals surface area contributed by atoms with Gasteiger partial charge in [0.15, 0.2) is 0 Å². The molecule has 21 heavy (non-hydrogen) atoms. The lowest BCUT2D eigenvalue weighted by Crippen LogP contribution is -2.37. The Balaban J connectivity index is 2.81. The summed E-state index contributed by atoms with van der Waals surface area (Å²) in [7, 11) is 0. The lowest BCUT2D eigenvalue weighted by atomic mass is 9.75. The average molecular weight is 293 g/mol. The molecule has 0 amide bonds. The van der Waals surface area contributed by atoms with E-state index < -0.39 is 0 Å². The van der Waals surface area contributed by atoms with Crippen LogP contribution in [-0.2, 0) is 6.42 Å². The molecule has 1 aromatic rings. The van der Waals surface area contributed by atoms with Gasteiger partial charge in [-0.05, 0) is 48.8 Å². The summed E-state index contributed by atoms with van der Waals surface area (Å²) in [6, 6.07) is 7.24. The minimum Gasteiger partial charge on any atom is -0.316 e. The van der Waals surface area contributed by atoms with E-state index in [1.807, 2.05) is 12.1 Å². The van der Waals surface area contributed by atoms with Crippen LogP contribution in [0.3, 0.4) is 0 Å². The molecule has 120 valence electrons. The lowest BCUT2D eigenvalue weighted by Gasteiger charge is -2.34. The number of unbranched alkanes of at least 4 members (excludes halogenated alkanes) is 1. The van der Waals surface area contributed by atoms with E-state index >= 15 is 0 Å². The molecule has 1 unspecified atom stereocenters. The van der Waals surface area contributed by atoms with Crippen LogP contribution in [0.5, 0.6) is 0 Å². The minimum absolute atomic E-state index is 0.0596. The summed E-state index contributed by atoms with van der Waals surface area (Å²) in [5.41, 5.74) is 1.04. The van der Waals surface area contributed by atoms with Crippen LogP contribution < -0.4 is 5.32 Å². The van der Waals surface area contributed by atoms with Crippen molar-refractivity contribution in [2.24, 2.45) is 11.3 Å². The van der Waals surface area contributed by atoms with E-state index in [1.165, 1.54) is 19.3 Å². The summed E-state index contributed by atoms with van der Waals surface area (Å²) in [6.45, 7) is 10.9. The van der Waals surface area contributed by atoms with Gasteiger partial charge in [0.05, 0.1) is 0 Å². The van der Waals surface area contributed by atoms with Gasteiger partial charge in [-0.2, -0.15) is 0 Å². The largest absolute Gasteiger partial charge is 0.316 e. The number of rotatable bonds is 10. The van der Waals surface area contributed by atoms with Gasteiger partial charge in [0.25, 0.3) is 0 Å². The third kappa shape index (κ3) is 6.17. The summed E-state index contributed by atoms with van der Waals surface area (Å²) in [5.74, 6) is 0.592. The van der Waals surface area contributed by atoms with Crippen LogP contribution in [0, 0.1) is 17.2 Å². The Labute approximate surface area is 130 Å². The maximum atomic E-state index is 14.0. The van der Waals surface area contributed by atoms with Crippen molar-refractivity contribution in [3.8, 4) is 0 Å². The average Bonchev–Trinajstić information content (AvgIpc) is 2.46. The predicted octanol–water partition coefficient (Wildman–Crippen LogP) is 5.20. The van der Waals surface area contributed by atoms with Crippen LogP contribution in [0.15, 0.2) is 24.3 Å². The topological polar surface area (TPSA) is 12.0 Å². The summed E-state index contributed by atoms with van der Waals surface area (Å²) in [5, 5.41) is 3.60. The molecule has 0 heterocycles. The van der Waals surface area contributed by atoms with Gasteiger partial charge >= 0.3 is 0 Å². The van der Waals surface area contributed by atoms with Crippen LogP contribution in [0.1, 0.15) is 58.9 Å². The second-order valence-corrected chi connectivity index (χ2v) is 6.75. The Kier molecular flexibility index (Phi) is 7.95. The molecule has 1 nitrogen and oxygen atoms in total. The zero-order valence-corrected chi connectivity index (χ0v) is 14.2. The van der Waals surface area contributed by atoms with Gasteiger partial charge in [-0.1, -0.05) is 58.7 Å². The molecule has 0 radical (unpaired) electrons. The molecular formula is C19H32FN. The number of hydrogen-bond donors (Lipinski definition) is 1. The highest BCUT2D eigenvalue weighted by atomic mass is 19.1. The van der Waals surface area contributed by atoms with Gasteiger partial charge in [-0.15, -0.1) is 0 Å². The predicted molar refractivity (Wildman–Crippen MR) is 90.1 cm³/mol. The van der Waals surface area contributed by atoms with Crippen molar-refractivity contribution in [3.05, 3.63) is 35.6 Å². The normalized spacial score (nSPS) is 14.4. The van der Waals surface area contributed by atoms with Crippen LogP contribution in [-0.4, -0.2) is 13.1 Å². The number of nitrogens with one attached hydrogen (secondary N) is 1. The standard InChI is InChI=1S/C19H32FN/c1-5-7-12-19(6-2,15-21-14-16(3)4)13-17-10-8-9-11-18(17)20/h8-11,16,21H,5-7,12-15H2,1-4H3. The second-order valence-electron chi connectivity index (χ2n) is 6.75. The first-order valence-corrected chi connectivity index (χ1v) is 8.47. The molecule has 0 bridgehead atoms. The molecular weight excluding hydrogens is 261 g/mol. The Bertz CT molecular complexity index is 402. The van der Waals surface area contributed by atoms with Crippen molar-refractivity contribution < 1.29 is 4.39 Å². The van der Waals surface area contributed by atoms with Crippen LogP contribution >= 0.6 is 0 Å². The van der Waals surface area contributed by atoms with E-state index in [0.717, 1.165) is 31.5 Å². The first-order chi connectivity index (χ1) is 10.0. The quantitative estimate of drug-likeness (QED) is 0.625. The van der Waals surface area contributed by atoms with Gasteiger partial charge in [-0.3, -0.25) is 0 Å². The molecule has 0 aliphatic carbocycles. The van der Waals surface area contributed by atoms with Crippen molar-refractivity contribution in [2.75, 3.05) is 13.1 Å². The number of benzene rings is 1. The van der Waals surface area contributed by atoms with Crippen LogP contribution in [0.2, 0.25) is 0 Å². The maximum Gasteiger partial charge on any atom is 0.126 e. The van der Waals surface area contributed by atoms with E-state index in [1.54, 1.807) is 12.1 Å². The third-order valence-electron chi connectivity index (χ3n) is 4.39. The molecule has 1 atom stereocenters. The van der Waals surface area contributed by atoms with Crippen molar-refractivity contribution in [3.63, 3.8) is 0 Å². The molecule has 2 heteroatoms. The van der Waals surface area contributed by atoms with Crippen LogP contribution in [0.25, 0.3) is 0 Å². The fraction of sp³-hybridized carbons (Fsp3) is 0.684. The minimum atomic E-state index is -0.0596. The van der Waals surface area contributed by atoms with E-state index in [4.69, 9.17) is 0 Å². The monoisotopic (exact) mass is 293 g/mol. The van der Waals surface area contributed by atoms with Crippen LogP contribution in [0.4, 0.5) is 4.39 Å². The lowest BCUT2D eigenvalue weighted by molar-refractivity contribution is 0.224. The van der Waals surface area contributed by atoms with Gasteiger partial charge in [0.1, 0.15) is 5.82 Å². The first kappa shape index (κ1) is 18.2. The molecule has 0 aliphatic heterocycles. The molecule has 0 fully saturated rings. The molecule has 0 aliphatic rings. The van der Waals surface area contributed by atoms with Crippen molar-refractivity contribution >= 4 is 0 Å². The van der Waals surface area contributed by atoms with Gasteiger partial charge < -0.3 is 5.32 Å². The Morgan fingerprint density at radius 2 is 1.90 bits per heavy atom. The van der Waals surface area contributed by atoms with E-state index in [-0.39, 0.29) is 11.2 Å². The van der Waals surface area contributed by atoms with Gasteiger partial charge in [0.2, 0.25) is 0 Å². The Hall–Kier alpha value is -0.890.